The molecule has 2 atom stereocenters. The zero-order chi connectivity index (χ0) is 15.0. The van der Waals surface area contributed by atoms with Gasteiger partial charge in [-0.05, 0) is 63.1 Å². The van der Waals surface area contributed by atoms with E-state index >= 15 is 0 Å². The third kappa shape index (κ3) is 3.06. The molecule has 1 aromatic heterocycles. The topological polar surface area (TPSA) is 79.2 Å². The Kier molecular flexibility index (Phi) is 5.29. The Balaban J connectivity index is 0.00000176. The number of fused-ring (bicyclic) bond motifs is 1. The number of halogens is 1. The van der Waals surface area contributed by atoms with Gasteiger partial charge in [0.25, 0.3) is 11.5 Å². The number of aromatic amines is 1. The van der Waals surface area contributed by atoms with Crippen LogP contribution in [0.15, 0.2) is 10.9 Å². The molecule has 1 aromatic rings. The number of carbonyl (C=O) groups excluding carboxylic acids is 1. The summed E-state index contributed by atoms with van der Waals surface area (Å²) in [6, 6.07) is 1.97. The molecule has 122 valence electrons. The zero-order valence-corrected chi connectivity index (χ0v) is 13.7. The van der Waals surface area contributed by atoms with E-state index in [1.807, 2.05) is 13.0 Å². The van der Waals surface area contributed by atoms with E-state index in [2.05, 4.69) is 4.98 Å². The standard InChI is InChI=1S/C16H23N3O2.ClH/c1-10-6-11(8-17)9-19(10)16(21)13-7-12-4-2-3-5-14(12)18-15(13)20;/h7,10-11H,2-6,8-9,17H2,1H3,(H,18,20);1H. The van der Waals surface area contributed by atoms with E-state index in [0.29, 0.717) is 24.6 Å². The van der Waals surface area contributed by atoms with Crippen molar-refractivity contribution in [2.45, 2.75) is 45.1 Å². The van der Waals surface area contributed by atoms with Gasteiger partial charge in [-0.1, -0.05) is 0 Å². The molecule has 2 heterocycles. The average molecular weight is 326 g/mol. The Morgan fingerprint density at radius 3 is 2.82 bits per heavy atom. The molecule has 2 aliphatic rings. The van der Waals surface area contributed by atoms with Gasteiger partial charge < -0.3 is 15.6 Å². The summed E-state index contributed by atoms with van der Waals surface area (Å²) in [5.41, 5.74) is 7.90. The van der Waals surface area contributed by atoms with Crippen molar-refractivity contribution in [3.05, 3.63) is 33.2 Å². The van der Waals surface area contributed by atoms with Gasteiger partial charge >= 0.3 is 0 Å². The first kappa shape index (κ1) is 17.0. The first-order valence-corrected chi connectivity index (χ1v) is 7.86. The Morgan fingerprint density at radius 2 is 2.14 bits per heavy atom. The van der Waals surface area contributed by atoms with Gasteiger partial charge in [0.05, 0.1) is 0 Å². The summed E-state index contributed by atoms with van der Waals surface area (Å²) in [5, 5.41) is 0. The molecule has 22 heavy (non-hydrogen) atoms. The van der Waals surface area contributed by atoms with Crippen LogP contribution in [-0.4, -0.2) is 34.9 Å². The fraction of sp³-hybridized carbons (Fsp3) is 0.625. The molecule has 0 bridgehead atoms. The van der Waals surface area contributed by atoms with Crippen LogP contribution in [0.2, 0.25) is 0 Å². The largest absolute Gasteiger partial charge is 0.335 e. The SMILES string of the molecule is CC1CC(CN)CN1C(=O)c1cc2c([nH]c1=O)CCCC2.Cl. The van der Waals surface area contributed by atoms with Gasteiger partial charge in [-0.2, -0.15) is 0 Å². The van der Waals surface area contributed by atoms with Crippen molar-refractivity contribution < 1.29 is 4.79 Å². The fourth-order valence-electron chi connectivity index (χ4n) is 3.58. The van der Waals surface area contributed by atoms with Crippen molar-refractivity contribution in [3.63, 3.8) is 0 Å². The van der Waals surface area contributed by atoms with Gasteiger partial charge in [-0.15, -0.1) is 12.4 Å². The van der Waals surface area contributed by atoms with E-state index in [1.54, 1.807) is 4.90 Å². The van der Waals surface area contributed by atoms with Crippen LogP contribution in [-0.2, 0) is 12.8 Å². The molecule has 0 radical (unpaired) electrons. The second-order valence-corrected chi connectivity index (χ2v) is 6.37. The van der Waals surface area contributed by atoms with Gasteiger partial charge in [0.15, 0.2) is 0 Å². The highest BCUT2D eigenvalue weighted by atomic mass is 35.5. The van der Waals surface area contributed by atoms with Crippen LogP contribution in [0.5, 0.6) is 0 Å². The predicted octanol–water partition coefficient (Wildman–Crippen LogP) is 1.48. The molecule has 3 rings (SSSR count). The highest BCUT2D eigenvalue weighted by Gasteiger charge is 2.33. The van der Waals surface area contributed by atoms with E-state index in [-0.39, 0.29) is 29.9 Å². The number of amides is 1. The fourth-order valence-corrected chi connectivity index (χ4v) is 3.58. The number of hydrogen-bond donors (Lipinski definition) is 2. The molecule has 5 nitrogen and oxygen atoms in total. The zero-order valence-electron chi connectivity index (χ0n) is 12.9. The normalized spacial score (nSPS) is 23.8. The highest BCUT2D eigenvalue weighted by molar-refractivity contribution is 5.94. The summed E-state index contributed by atoms with van der Waals surface area (Å²) < 4.78 is 0. The van der Waals surface area contributed by atoms with Gasteiger partial charge in [-0.3, -0.25) is 9.59 Å². The molecule has 1 fully saturated rings. The van der Waals surface area contributed by atoms with E-state index in [4.69, 9.17) is 5.73 Å². The van der Waals surface area contributed by atoms with Crippen LogP contribution in [0.4, 0.5) is 0 Å². The van der Waals surface area contributed by atoms with E-state index in [1.165, 1.54) is 0 Å². The lowest BCUT2D eigenvalue weighted by Gasteiger charge is -2.22. The van der Waals surface area contributed by atoms with Crippen LogP contribution in [0, 0.1) is 5.92 Å². The molecule has 0 spiro atoms. The first-order valence-electron chi connectivity index (χ1n) is 7.86. The van der Waals surface area contributed by atoms with Crippen LogP contribution in [0.25, 0.3) is 0 Å². The average Bonchev–Trinajstić information content (AvgIpc) is 2.87. The second-order valence-electron chi connectivity index (χ2n) is 6.37. The molecule has 0 saturated carbocycles. The van der Waals surface area contributed by atoms with Crippen molar-refractivity contribution in [2.24, 2.45) is 11.7 Å². The predicted molar refractivity (Wildman–Crippen MR) is 88.6 cm³/mol. The first-order chi connectivity index (χ1) is 10.1. The number of rotatable bonds is 2. The lowest BCUT2D eigenvalue weighted by molar-refractivity contribution is 0.0741. The third-order valence-corrected chi connectivity index (χ3v) is 4.82. The van der Waals surface area contributed by atoms with Gasteiger partial charge in [-0.25, -0.2) is 0 Å². The van der Waals surface area contributed by atoms with Crippen LogP contribution in [0.3, 0.4) is 0 Å². The minimum Gasteiger partial charge on any atom is -0.335 e. The number of aryl methyl sites for hydroxylation is 2. The van der Waals surface area contributed by atoms with Gasteiger partial charge in [0.2, 0.25) is 0 Å². The Hall–Kier alpha value is -1.33. The summed E-state index contributed by atoms with van der Waals surface area (Å²) in [5.74, 6) is 0.203. The number of nitrogens with zero attached hydrogens (tertiary/aromatic N) is 1. The molecule has 1 amide bonds. The number of likely N-dealkylation sites (tertiary alicyclic amines) is 1. The molecule has 0 aromatic carbocycles. The number of hydrogen-bond acceptors (Lipinski definition) is 3. The number of pyridine rings is 1. The van der Waals surface area contributed by atoms with Crippen molar-refractivity contribution in [3.8, 4) is 0 Å². The van der Waals surface area contributed by atoms with E-state index < -0.39 is 0 Å². The Bertz CT molecular complexity index is 614. The third-order valence-electron chi connectivity index (χ3n) is 4.82. The summed E-state index contributed by atoms with van der Waals surface area (Å²) in [4.78, 5) is 29.6. The van der Waals surface area contributed by atoms with Crippen LogP contribution in [0.1, 0.15) is 47.8 Å². The number of H-pyrrole nitrogens is 1. The summed E-state index contributed by atoms with van der Waals surface area (Å²) in [6.07, 6.45) is 5.02. The number of aromatic nitrogens is 1. The highest BCUT2D eigenvalue weighted by Crippen LogP contribution is 2.24. The van der Waals surface area contributed by atoms with Crippen molar-refractivity contribution >= 4 is 18.3 Å². The molecule has 1 saturated heterocycles. The van der Waals surface area contributed by atoms with Crippen molar-refractivity contribution in [2.75, 3.05) is 13.1 Å². The second kappa shape index (κ2) is 6.84. The van der Waals surface area contributed by atoms with E-state index in [9.17, 15) is 9.59 Å². The Morgan fingerprint density at radius 1 is 1.41 bits per heavy atom. The molecule has 2 unspecified atom stereocenters. The summed E-state index contributed by atoms with van der Waals surface area (Å²) >= 11 is 0. The van der Waals surface area contributed by atoms with Gasteiger partial charge in [0.1, 0.15) is 5.56 Å². The van der Waals surface area contributed by atoms with Crippen LogP contribution >= 0.6 is 12.4 Å². The summed E-state index contributed by atoms with van der Waals surface area (Å²) in [7, 11) is 0. The quantitative estimate of drug-likeness (QED) is 0.864. The van der Waals surface area contributed by atoms with Crippen molar-refractivity contribution in [1.82, 2.24) is 9.88 Å². The maximum atomic E-state index is 12.7. The lowest BCUT2D eigenvalue weighted by atomic mass is 9.95. The maximum Gasteiger partial charge on any atom is 0.261 e. The van der Waals surface area contributed by atoms with E-state index in [0.717, 1.165) is 43.4 Å². The monoisotopic (exact) mass is 325 g/mol. The number of nitrogens with two attached hydrogens (primary N) is 1. The minimum absolute atomic E-state index is 0. The summed E-state index contributed by atoms with van der Waals surface area (Å²) in [6.45, 7) is 3.28. The molecular weight excluding hydrogens is 302 g/mol. The smallest absolute Gasteiger partial charge is 0.261 e. The van der Waals surface area contributed by atoms with Crippen LogP contribution < -0.4 is 11.3 Å². The maximum absolute atomic E-state index is 12.7. The molecule has 6 heteroatoms. The number of carbonyl (C=O) groups is 1. The minimum atomic E-state index is -0.246. The Labute approximate surface area is 136 Å². The molecular formula is C16H24ClN3O2. The van der Waals surface area contributed by atoms with Gasteiger partial charge in [0, 0.05) is 18.3 Å². The number of nitrogens with one attached hydrogen (secondary N) is 1. The molecule has 1 aliphatic carbocycles. The molecule has 1 aliphatic heterocycles. The van der Waals surface area contributed by atoms with Crippen molar-refractivity contribution in [1.29, 1.82) is 0 Å². The molecule has 3 N–H and O–H groups in total. The lowest BCUT2D eigenvalue weighted by Crippen LogP contribution is -2.38.